The topological polar surface area (TPSA) is 95.9 Å². The predicted octanol–water partition coefficient (Wildman–Crippen LogP) is 3.67. The molecule has 1 heterocycles. The van der Waals surface area contributed by atoms with Crippen LogP contribution in [0, 0.1) is 0 Å². The largest absolute Gasteiger partial charge is 0.394 e. The maximum atomic E-state index is 10.2. The molecule has 0 aromatic carbocycles. The molecule has 0 saturated carbocycles. The second-order valence-corrected chi connectivity index (χ2v) is 8.55. The predicted molar refractivity (Wildman–Crippen MR) is 111 cm³/mol. The molecule has 1 fully saturated rings. The second-order valence-electron chi connectivity index (χ2n) is 8.55. The van der Waals surface area contributed by atoms with Gasteiger partial charge in [-0.15, -0.1) is 0 Å². The normalized spacial score (nSPS) is 28.6. The van der Waals surface area contributed by atoms with E-state index in [4.69, 9.17) is 15.6 Å². The molecule has 0 aromatic rings. The lowest BCUT2D eigenvalue weighted by Gasteiger charge is -2.44. The molecule has 5 heteroatoms. The van der Waals surface area contributed by atoms with Gasteiger partial charge in [0.05, 0.1) is 18.8 Å². The van der Waals surface area contributed by atoms with E-state index in [-0.39, 0.29) is 13.2 Å². The molecule has 0 unspecified atom stereocenters. The maximum absolute atomic E-state index is 10.2. The van der Waals surface area contributed by atoms with E-state index in [1.807, 2.05) is 0 Å². The fraction of sp³-hybridized carbons (Fsp3) is 1.00. The third kappa shape index (κ3) is 9.71. The average Bonchev–Trinajstić information content (AvgIpc) is 2.67. The Bertz CT molecular complexity index is 355. The lowest BCUT2D eigenvalue weighted by molar-refractivity contribution is -0.184. The smallest absolute Gasteiger partial charge is 0.110 e. The lowest BCUT2D eigenvalue weighted by Crippen LogP contribution is -2.66. The summed E-state index contributed by atoms with van der Waals surface area (Å²) in [6.07, 6.45) is 16.0. The van der Waals surface area contributed by atoms with Gasteiger partial charge in [0.25, 0.3) is 0 Å². The van der Waals surface area contributed by atoms with Gasteiger partial charge in [0.15, 0.2) is 0 Å². The first kappa shape index (κ1) is 24.8. The van der Waals surface area contributed by atoms with Crippen molar-refractivity contribution in [3.8, 4) is 0 Å². The van der Waals surface area contributed by atoms with Crippen molar-refractivity contribution >= 4 is 0 Å². The van der Waals surface area contributed by atoms with Crippen LogP contribution in [0.1, 0.15) is 103 Å². The van der Waals surface area contributed by atoms with Gasteiger partial charge in [-0.3, -0.25) is 0 Å². The number of unbranched alkanes of at least 4 members (excludes halogenated alkanes) is 13. The standard InChI is InChI=1S/C22H45NO4/c1-2-3-4-5-6-7-8-9-10-11-12-13-14-15-16-22(23)18-27-19(17-24)20(25)21(22)26/h19-21,24-26H,2-18,23H2,1H3/t19-,20-,21+,22+/m1/s1. The molecule has 0 radical (unpaired) electrons. The van der Waals surface area contributed by atoms with E-state index in [9.17, 15) is 10.2 Å². The summed E-state index contributed by atoms with van der Waals surface area (Å²) in [5, 5.41) is 29.3. The summed E-state index contributed by atoms with van der Waals surface area (Å²) in [6, 6.07) is 0. The van der Waals surface area contributed by atoms with Gasteiger partial charge in [0.2, 0.25) is 0 Å². The van der Waals surface area contributed by atoms with E-state index in [1.54, 1.807) is 0 Å². The number of aliphatic hydroxyl groups is 3. The Labute approximate surface area is 166 Å². The van der Waals surface area contributed by atoms with Gasteiger partial charge in [-0.2, -0.15) is 0 Å². The summed E-state index contributed by atoms with van der Waals surface area (Å²) < 4.78 is 5.41. The SMILES string of the molecule is CCCCCCCCCCCCCCCC[C@]1(N)CO[C@H](CO)[C@@H](O)[C@@H]1O. The highest BCUT2D eigenvalue weighted by Crippen LogP contribution is 2.27. The highest BCUT2D eigenvalue weighted by atomic mass is 16.5. The molecule has 0 spiro atoms. The molecule has 0 amide bonds. The van der Waals surface area contributed by atoms with Crippen molar-refractivity contribution in [3.05, 3.63) is 0 Å². The molecular weight excluding hydrogens is 342 g/mol. The molecule has 162 valence electrons. The molecule has 0 aliphatic carbocycles. The molecule has 5 nitrogen and oxygen atoms in total. The van der Waals surface area contributed by atoms with Gasteiger partial charge in [-0.25, -0.2) is 0 Å². The van der Waals surface area contributed by atoms with Crippen molar-refractivity contribution in [2.75, 3.05) is 13.2 Å². The van der Waals surface area contributed by atoms with E-state index < -0.39 is 23.9 Å². The van der Waals surface area contributed by atoms with E-state index in [0.717, 1.165) is 12.8 Å². The molecule has 0 bridgehead atoms. The molecule has 4 atom stereocenters. The first-order valence-corrected chi connectivity index (χ1v) is 11.4. The summed E-state index contributed by atoms with van der Waals surface area (Å²) in [7, 11) is 0. The van der Waals surface area contributed by atoms with Crippen LogP contribution in [0.2, 0.25) is 0 Å². The van der Waals surface area contributed by atoms with Crippen molar-refractivity contribution in [3.63, 3.8) is 0 Å². The molecule has 1 aliphatic rings. The second kappa shape index (κ2) is 14.7. The fourth-order valence-electron chi connectivity index (χ4n) is 4.02. The zero-order valence-corrected chi connectivity index (χ0v) is 17.6. The number of hydrogen-bond acceptors (Lipinski definition) is 5. The van der Waals surface area contributed by atoms with Gasteiger partial charge >= 0.3 is 0 Å². The molecule has 27 heavy (non-hydrogen) atoms. The Balaban J connectivity index is 1.94. The van der Waals surface area contributed by atoms with Crippen molar-refractivity contribution in [1.29, 1.82) is 0 Å². The zero-order chi connectivity index (χ0) is 20.0. The minimum absolute atomic E-state index is 0.189. The minimum atomic E-state index is -1.11. The number of rotatable bonds is 16. The molecular formula is C22H45NO4. The summed E-state index contributed by atoms with van der Waals surface area (Å²) >= 11 is 0. The van der Waals surface area contributed by atoms with Gasteiger partial charge in [-0.1, -0.05) is 96.8 Å². The van der Waals surface area contributed by atoms with Gasteiger partial charge in [0.1, 0.15) is 18.3 Å². The van der Waals surface area contributed by atoms with Crippen LogP contribution in [-0.4, -0.2) is 52.4 Å². The first-order chi connectivity index (χ1) is 13.0. The molecule has 1 saturated heterocycles. The van der Waals surface area contributed by atoms with E-state index >= 15 is 0 Å². The monoisotopic (exact) mass is 387 g/mol. The van der Waals surface area contributed by atoms with Crippen LogP contribution >= 0.6 is 0 Å². The molecule has 1 rings (SSSR count). The van der Waals surface area contributed by atoms with Crippen molar-refractivity contribution in [1.82, 2.24) is 0 Å². The molecule has 5 N–H and O–H groups in total. The van der Waals surface area contributed by atoms with Crippen molar-refractivity contribution in [2.24, 2.45) is 5.73 Å². The number of nitrogens with two attached hydrogens (primary N) is 1. The highest BCUT2D eigenvalue weighted by molar-refractivity contribution is 5.00. The Morgan fingerprint density at radius 2 is 1.26 bits per heavy atom. The Morgan fingerprint density at radius 1 is 0.815 bits per heavy atom. The first-order valence-electron chi connectivity index (χ1n) is 11.4. The number of ether oxygens (including phenoxy) is 1. The van der Waals surface area contributed by atoms with Crippen molar-refractivity contribution < 1.29 is 20.1 Å². The lowest BCUT2D eigenvalue weighted by atomic mass is 9.81. The van der Waals surface area contributed by atoms with Crippen LogP contribution in [0.5, 0.6) is 0 Å². The Morgan fingerprint density at radius 3 is 1.70 bits per heavy atom. The quantitative estimate of drug-likeness (QED) is 0.303. The summed E-state index contributed by atoms with van der Waals surface area (Å²) in [4.78, 5) is 0. The third-order valence-corrected chi connectivity index (χ3v) is 6.04. The minimum Gasteiger partial charge on any atom is -0.394 e. The van der Waals surface area contributed by atoms with Crippen LogP contribution < -0.4 is 5.73 Å². The van der Waals surface area contributed by atoms with Crippen LogP contribution in [0.4, 0.5) is 0 Å². The Hall–Kier alpha value is -0.200. The third-order valence-electron chi connectivity index (χ3n) is 6.04. The van der Waals surface area contributed by atoms with E-state index in [1.165, 1.54) is 77.0 Å². The summed E-state index contributed by atoms with van der Waals surface area (Å²) in [5.41, 5.74) is 5.34. The number of hydrogen-bond donors (Lipinski definition) is 4. The van der Waals surface area contributed by atoms with E-state index in [2.05, 4.69) is 6.92 Å². The van der Waals surface area contributed by atoms with Crippen LogP contribution in [0.15, 0.2) is 0 Å². The zero-order valence-electron chi connectivity index (χ0n) is 17.6. The van der Waals surface area contributed by atoms with Crippen molar-refractivity contribution in [2.45, 2.75) is 127 Å². The van der Waals surface area contributed by atoms with E-state index in [0.29, 0.717) is 6.42 Å². The summed E-state index contributed by atoms with van der Waals surface area (Å²) in [6.45, 7) is 2.15. The van der Waals surface area contributed by atoms with Crippen LogP contribution in [0.25, 0.3) is 0 Å². The Kier molecular flexibility index (Phi) is 13.6. The summed E-state index contributed by atoms with van der Waals surface area (Å²) in [5.74, 6) is 0. The molecule has 0 aromatic heterocycles. The van der Waals surface area contributed by atoms with Gasteiger partial charge in [0, 0.05) is 0 Å². The fourth-order valence-corrected chi connectivity index (χ4v) is 4.02. The van der Waals surface area contributed by atoms with Gasteiger partial charge < -0.3 is 25.8 Å². The van der Waals surface area contributed by atoms with Gasteiger partial charge in [-0.05, 0) is 6.42 Å². The molecule has 1 aliphatic heterocycles. The number of aliphatic hydroxyl groups excluding tert-OH is 3. The average molecular weight is 388 g/mol. The van der Waals surface area contributed by atoms with Crippen LogP contribution in [-0.2, 0) is 4.74 Å². The van der Waals surface area contributed by atoms with Crippen LogP contribution in [0.3, 0.4) is 0 Å². The highest BCUT2D eigenvalue weighted by Gasteiger charge is 2.46. The maximum Gasteiger partial charge on any atom is 0.110 e.